The van der Waals surface area contributed by atoms with Gasteiger partial charge < -0.3 is 15.0 Å². The van der Waals surface area contributed by atoms with E-state index in [1.54, 1.807) is 0 Å². The minimum absolute atomic E-state index is 0.00787. The molecule has 1 N–H and O–H groups in total. The maximum atomic E-state index is 13.6. The predicted molar refractivity (Wildman–Crippen MR) is 112 cm³/mol. The molecule has 8 nitrogen and oxygen atoms in total. The molecule has 0 unspecified atom stereocenters. The van der Waals surface area contributed by atoms with Crippen molar-refractivity contribution in [2.75, 3.05) is 49.6 Å². The molecule has 2 aliphatic rings. The molecule has 2 aliphatic heterocycles. The average Bonchev–Trinajstić information content (AvgIpc) is 3.21. The van der Waals surface area contributed by atoms with E-state index in [1.165, 1.54) is 35.3 Å². The van der Waals surface area contributed by atoms with Crippen LogP contribution in [0.5, 0.6) is 0 Å². The van der Waals surface area contributed by atoms with Gasteiger partial charge in [-0.1, -0.05) is 0 Å². The molecule has 0 amide bonds. The minimum atomic E-state index is -4.53. The summed E-state index contributed by atoms with van der Waals surface area (Å²) in [6.45, 7) is 4.01. The Morgan fingerprint density at radius 1 is 1.00 bits per heavy atom. The van der Waals surface area contributed by atoms with Crippen LogP contribution in [0.3, 0.4) is 0 Å². The molecule has 0 aliphatic carbocycles. The Kier molecular flexibility index (Phi) is 5.62. The summed E-state index contributed by atoms with van der Waals surface area (Å²) in [5, 5.41) is 6.96. The lowest BCUT2D eigenvalue weighted by Gasteiger charge is -2.43. The highest BCUT2D eigenvalue weighted by Gasteiger charge is 2.34. The van der Waals surface area contributed by atoms with Gasteiger partial charge in [-0.3, -0.25) is 4.90 Å². The van der Waals surface area contributed by atoms with Gasteiger partial charge in [0.1, 0.15) is 23.8 Å². The third-order valence-corrected chi connectivity index (χ3v) is 5.74. The van der Waals surface area contributed by atoms with Gasteiger partial charge in [0.05, 0.1) is 30.5 Å². The Labute approximate surface area is 186 Å². The van der Waals surface area contributed by atoms with E-state index in [4.69, 9.17) is 4.74 Å². The Balaban J connectivity index is 1.35. The second-order valence-electron chi connectivity index (χ2n) is 7.93. The number of alkyl halides is 3. The van der Waals surface area contributed by atoms with Crippen LogP contribution in [0.25, 0.3) is 5.69 Å². The van der Waals surface area contributed by atoms with Crippen molar-refractivity contribution in [1.29, 1.82) is 0 Å². The predicted octanol–water partition coefficient (Wildman–Crippen LogP) is 3.08. The Hall–Kier alpha value is -3.25. The van der Waals surface area contributed by atoms with Crippen LogP contribution in [0.2, 0.25) is 0 Å². The molecule has 1 aromatic carbocycles. The van der Waals surface area contributed by atoms with Crippen LogP contribution in [-0.2, 0) is 10.9 Å². The molecule has 174 valence electrons. The highest BCUT2D eigenvalue weighted by atomic mass is 19.4. The molecule has 3 aromatic rings. The first-order valence-electron chi connectivity index (χ1n) is 10.5. The molecule has 0 atom stereocenters. The molecular formula is C21H21F4N7O. The molecular weight excluding hydrogens is 442 g/mol. The zero-order valence-electron chi connectivity index (χ0n) is 17.5. The third-order valence-electron chi connectivity index (χ3n) is 5.74. The fraction of sp³-hybridized carbons (Fsp3) is 0.381. The smallest absolute Gasteiger partial charge is 0.378 e. The van der Waals surface area contributed by atoms with Gasteiger partial charge in [-0.2, -0.15) is 18.2 Å². The highest BCUT2D eigenvalue weighted by molar-refractivity contribution is 5.56. The van der Waals surface area contributed by atoms with E-state index in [-0.39, 0.29) is 23.4 Å². The van der Waals surface area contributed by atoms with Gasteiger partial charge in [0.2, 0.25) is 5.95 Å². The van der Waals surface area contributed by atoms with Crippen LogP contribution < -0.4 is 10.2 Å². The molecule has 0 radical (unpaired) electrons. The molecule has 2 fully saturated rings. The van der Waals surface area contributed by atoms with Crippen molar-refractivity contribution in [3.8, 4) is 5.69 Å². The number of nitrogens with zero attached hydrogens (tertiary/aromatic N) is 6. The zero-order chi connectivity index (χ0) is 23.0. The highest BCUT2D eigenvalue weighted by Crippen LogP contribution is 2.33. The molecule has 2 aromatic heterocycles. The van der Waals surface area contributed by atoms with Gasteiger partial charge in [0, 0.05) is 26.2 Å². The maximum absolute atomic E-state index is 13.6. The summed E-state index contributed by atoms with van der Waals surface area (Å²) in [5.74, 6) is -0.0760. The van der Waals surface area contributed by atoms with Crippen LogP contribution in [0.4, 0.5) is 35.1 Å². The molecule has 0 bridgehead atoms. The lowest BCUT2D eigenvalue weighted by Crippen LogP contribution is -2.56. The lowest BCUT2D eigenvalue weighted by molar-refractivity contribution is -0.137. The van der Waals surface area contributed by atoms with Gasteiger partial charge in [-0.15, -0.1) is 5.10 Å². The zero-order valence-corrected chi connectivity index (χ0v) is 17.5. The Morgan fingerprint density at radius 3 is 2.36 bits per heavy atom. The number of hydrogen-bond donors (Lipinski definition) is 1. The van der Waals surface area contributed by atoms with Crippen molar-refractivity contribution in [3.63, 3.8) is 0 Å². The summed E-state index contributed by atoms with van der Waals surface area (Å²) in [7, 11) is 0. The molecule has 33 heavy (non-hydrogen) atoms. The third kappa shape index (κ3) is 4.76. The number of hydrogen-bond acceptors (Lipinski definition) is 7. The number of anilines is 3. The summed E-state index contributed by atoms with van der Waals surface area (Å²) >= 11 is 0. The van der Waals surface area contributed by atoms with E-state index >= 15 is 0 Å². The first kappa shape index (κ1) is 21.6. The molecule has 12 heteroatoms. The van der Waals surface area contributed by atoms with Crippen LogP contribution in [-0.4, -0.2) is 70.1 Å². The van der Waals surface area contributed by atoms with Crippen LogP contribution in [0.15, 0.2) is 42.7 Å². The molecule has 4 heterocycles. The first-order chi connectivity index (χ1) is 15.8. The quantitative estimate of drug-likeness (QED) is 0.583. The van der Waals surface area contributed by atoms with Crippen LogP contribution in [0.1, 0.15) is 5.56 Å². The summed E-state index contributed by atoms with van der Waals surface area (Å²) in [6.07, 6.45) is -3.15. The van der Waals surface area contributed by atoms with Crippen molar-refractivity contribution in [2.24, 2.45) is 0 Å². The van der Waals surface area contributed by atoms with E-state index in [0.29, 0.717) is 38.0 Å². The monoisotopic (exact) mass is 463 g/mol. The van der Waals surface area contributed by atoms with Gasteiger partial charge in [-0.25, -0.2) is 14.1 Å². The summed E-state index contributed by atoms with van der Waals surface area (Å²) in [6, 6.07) is 7.99. The normalized spacial score (nSPS) is 17.8. The number of aromatic nitrogens is 4. The second-order valence-corrected chi connectivity index (χ2v) is 7.93. The Bertz CT molecular complexity index is 1110. The lowest BCUT2D eigenvalue weighted by atomic mass is 10.1. The van der Waals surface area contributed by atoms with Crippen molar-refractivity contribution >= 4 is 17.6 Å². The van der Waals surface area contributed by atoms with Gasteiger partial charge in [-0.05, 0) is 36.4 Å². The van der Waals surface area contributed by atoms with E-state index in [2.05, 4.69) is 25.3 Å². The number of ether oxygens (including phenoxy) is 1. The molecule has 2 saturated heterocycles. The number of piperazine rings is 1. The van der Waals surface area contributed by atoms with Crippen molar-refractivity contribution < 1.29 is 22.3 Å². The van der Waals surface area contributed by atoms with Crippen LogP contribution in [0, 0.1) is 5.82 Å². The van der Waals surface area contributed by atoms with Gasteiger partial charge in [0.15, 0.2) is 0 Å². The van der Waals surface area contributed by atoms with E-state index in [9.17, 15) is 17.6 Å². The van der Waals surface area contributed by atoms with Gasteiger partial charge >= 0.3 is 6.18 Å². The number of pyridine rings is 1. The molecule has 0 saturated carbocycles. The van der Waals surface area contributed by atoms with E-state index in [0.717, 1.165) is 25.2 Å². The largest absolute Gasteiger partial charge is 0.416 e. The summed E-state index contributed by atoms with van der Waals surface area (Å²) in [5.41, 5.74) is -0.243. The minimum Gasteiger partial charge on any atom is -0.378 e. The molecule has 0 spiro atoms. The average molecular weight is 463 g/mol. The van der Waals surface area contributed by atoms with E-state index < -0.39 is 11.7 Å². The number of benzene rings is 1. The standard InChI is InChI=1S/C21H21F4N7O/c22-15-1-3-16(4-2-15)32-13-26-20(29-32)28-18-9-14(21(23,24)25)10-19(27-18)31-7-5-30(6-8-31)17-11-33-12-17/h1-4,9-10,13,17H,5-8,11-12H2,(H,27,28,29). The van der Waals surface area contributed by atoms with Crippen molar-refractivity contribution in [1.82, 2.24) is 24.6 Å². The van der Waals surface area contributed by atoms with Crippen molar-refractivity contribution in [2.45, 2.75) is 12.2 Å². The topological polar surface area (TPSA) is 71.3 Å². The Morgan fingerprint density at radius 2 is 1.73 bits per heavy atom. The van der Waals surface area contributed by atoms with E-state index in [1.807, 2.05) is 4.90 Å². The number of rotatable bonds is 5. The van der Waals surface area contributed by atoms with Crippen molar-refractivity contribution in [3.05, 3.63) is 54.1 Å². The SMILES string of the molecule is Fc1ccc(-n2cnc(Nc3cc(C(F)(F)F)cc(N4CCN(C5COC5)CC4)n3)n2)cc1. The summed E-state index contributed by atoms with van der Waals surface area (Å²) < 4.78 is 60.5. The van der Waals surface area contributed by atoms with Gasteiger partial charge in [0.25, 0.3) is 0 Å². The second kappa shape index (κ2) is 8.60. The fourth-order valence-electron chi connectivity index (χ4n) is 3.81. The summed E-state index contributed by atoms with van der Waals surface area (Å²) in [4.78, 5) is 12.6. The molecule has 5 rings (SSSR count). The first-order valence-corrected chi connectivity index (χ1v) is 10.5. The number of halogens is 4. The maximum Gasteiger partial charge on any atom is 0.416 e. The van der Waals surface area contributed by atoms with Crippen LogP contribution >= 0.6 is 0 Å². The fourth-order valence-corrected chi connectivity index (χ4v) is 3.81. The number of nitrogens with one attached hydrogen (secondary N) is 1.